The molecule has 0 aliphatic carbocycles. The van der Waals surface area contributed by atoms with Crippen molar-refractivity contribution in [2.24, 2.45) is 0 Å². The Labute approximate surface area is 133 Å². The summed E-state index contributed by atoms with van der Waals surface area (Å²) in [5.41, 5.74) is 3.76. The molecule has 0 radical (unpaired) electrons. The topological polar surface area (TPSA) is 30.7 Å². The van der Waals surface area contributed by atoms with E-state index >= 15 is 0 Å². The first kappa shape index (κ1) is 15.3. The van der Waals surface area contributed by atoms with Crippen LogP contribution in [0.25, 0.3) is 11.3 Å². The molecule has 3 aromatic rings. The molecule has 0 unspecified atom stereocenters. The monoisotopic (exact) mass is 313 g/mol. The Morgan fingerprint density at radius 3 is 2.48 bits per heavy atom. The molecule has 0 aliphatic heterocycles. The molecule has 3 nitrogen and oxygen atoms in total. The fourth-order valence-corrected chi connectivity index (χ4v) is 2.43. The Bertz CT molecular complexity index is 802. The van der Waals surface area contributed by atoms with Crippen molar-refractivity contribution in [3.8, 4) is 11.3 Å². The van der Waals surface area contributed by atoms with Gasteiger partial charge in [-0.2, -0.15) is 5.10 Å². The first-order valence-corrected chi connectivity index (χ1v) is 7.34. The molecule has 1 aromatic carbocycles. The van der Waals surface area contributed by atoms with Gasteiger partial charge < -0.3 is 0 Å². The summed E-state index contributed by atoms with van der Waals surface area (Å²) in [5, 5.41) is 4.50. The summed E-state index contributed by atoms with van der Waals surface area (Å²) in [6.07, 6.45) is 5.50. The number of hydrogen-bond acceptors (Lipinski definition) is 2. The lowest BCUT2D eigenvalue weighted by Crippen LogP contribution is -2.06. The maximum Gasteiger partial charge on any atom is 0.270 e. The minimum absolute atomic E-state index is 0.00603. The zero-order chi connectivity index (χ0) is 16.4. The zero-order valence-electron chi connectivity index (χ0n) is 13.0. The van der Waals surface area contributed by atoms with Crippen molar-refractivity contribution >= 4 is 0 Å². The second-order valence-electron chi connectivity index (χ2n) is 5.73. The maximum atomic E-state index is 13.2. The Balaban J connectivity index is 1.79. The van der Waals surface area contributed by atoms with Crippen molar-refractivity contribution in [1.82, 2.24) is 14.8 Å². The maximum absolute atomic E-state index is 13.2. The summed E-state index contributed by atoms with van der Waals surface area (Å²) in [7, 11) is 0. The molecule has 0 saturated heterocycles. The van der Waals surface area contributed by atoms with Gasteiger partial charge in [0.15, 0.2) is 0 Å². The van der Waals surface area contributed by atoms with Gasteiger partial charge in [0, 0.05) is 36.6 Å². The predicted molar refractivity (Wildman–Crippen MR) is 85.3 cm³/mol. The fourth-order valence-electron chi connectivity index (χ4n) is 2.43. The smallest absolute Gasteiger partial charge is 0.268 e. The van der Waals surface area contributed by atoms with Crippen molar-refractivity contribution < 1.29 is 8.78 Å². The van der Waals surface area contributed by atoms with Crippen molar-refractivity contribution in [3.63, 3.8) is 0 Å². The molecule has 0 atom stereocenters. The summed E-state index contributed by atoms with van der Waals surface area (Å²) in [6, 6.07) is 10.2. The van der Waals surface area contributed by atoms with E-state index in [2.05, 4.69) is 16.1 Å². The molecule has 0 fully saturated rings. The third-order valence-electron chi connectivity index (χ3n) is 3.60. The van der Waals surface area contributed by atoms with E-state index in [9.17, 15) is 8.78 Å². The second-order valence-corrected chi connectivity index (χ2v) is 5.73. The third-order valence-corrected chi connectivity index (χ3v) is 3.60. The predicted octanol–water partition coefficient (Wildman–Crippen LogP) is 4.41. The van der Waals surface area contributed by atoms with Gasteiger partial charge in [0.25, 0.3) is 5.92 Å². The van der Waals surface area contributed by atoms with Crippen LogP contribution in [-0.2, 0) is 12.5 Å². The normalized spacial score (nSPS) is 11.7. The minimum atomic E-state index is -2.82. The molecule has 118 valence electrons. The standard InChI is InChI=1S/C18H17F2N3/c1-13-9-14(11-21-10-13)12-23-8-7-17(22-23)15-3-5-16(6-4-15)18(2,19)20/h3-11H,12H2,1-2H3. The molecule has 2 aromatic heterocycles. The first-order chi connectivity index (χ1) is 10.9. The van der Waals surface area contributed by atoms with E-state index < -0.39 is 5.92 Å². The Morgan fingerprint density at radius 1 is 1.09 bits per heavy atom. The van der Waals surface area contributed by atoms with Crippen LogP contribution in [0.3, 0.4) is 0 Å². The van der Waals surface area contributed by atoms with E-state index in [4.69, 9.17) is 0 Å². The zero-order valence-corrected chi connectivity index (χ0v) is 13.0. The van der Waals surface area contributed by atoms with Gasteiger partial charge in [-0.25, -0.2) is 8.78 Å². The van der Waals surface area contributed by atoms with E-state index in [0.29, 0.717) is 6.54 Å². The summed E-state index contributed by atoms with van der Waals surface area (Å²) >= 11 is 0. The van der Waals surface area contributed by atoms with Crippen LogP contribution >= 0.6 is 0 Å². The molecular weight excluding hydrogens is 296 g/mol. The second kappa shape index (κ2) is 5.91. The van der Waals surface area contributed by atoms with Crippen LogP contribution in [0.15, 0.2) is 55.0 Å². The third kappa shape index (κ3) is 3.62. The molecule has 3 rings (SSSR count). The number of rotatable bonds is 4. The fraction of sp³-hybridized carbons (Fsp3) is 0.222. The molecule has 0 N–H and O–H groups in total. The molecule has 0 aliphatic rings. The molecule has 0 bridgehead atoms. The molecule has 5 heteroatoms. The Morgan fingerprint density at radius 2 is 1.83 bits per heavy atom. The van der Waals surface area contributed by atoms with Crippen LogP contribution in [0.2, 0.25) is 0 Å². The van der Waals surface area contributed by atoms with Gasteiger partial charge in [-0.3, -0.25) is 9.67 Å². The number of halogens is 2. The minimum Gasteiger partial charge on any atom is -0.268 e. The van der Waals surface area contributed by atoms with E-state index in [0.717, 1.165) is 29.3 Å². The number of pyridine rings is 1. The van der Waals surface area contributed by atoms with Gasteiger partial charge in [-0.05, 0) is 24.1 Å². The van der Waals surface area contributed by atoms with Crippen LogP contribution in [0.5, 0.6) is 0 Å². The Kier molecular flexibility index (Phi) is 3.94. The molecule has 2 heterocycles. The van der Waals surface area contributed by atoms with Crippen molar-refractivity contribution in [2.75, 3.05) is 0 Å². The SMILES string of the molecule is Cc1cncc(Cn2ccc(-c3ccc(C(C)(F)F)cc3)n2)c1. The summed E-state index contributed by atoms with van der Waals surface area (Å²) in [4.78, 5) is 4.17. The number of nitrogens with zero attached hydrogens (tertiary/aromatic N) is 3. The van der Waals surface area contributed by atoms with Gasteiger partial charge in [-0.1, -0.05) is 30.3 Å². The molecule has 0 spiro atoms. The first-order valence-electron chi connectivity index (χ1n) is 7.34. The average molecular weight is 313 g/mol. The highest BCUT2D eigenvalue weighted by atomic mass is 19.3. The van der Waals surface area contributed by atoms with Gasteiger partial charge in [0.05, 0.1) is 12.2 Å². The van der Waals surface area contributed by atoms with Gasteiger partial charge in [0.2, 0.25) is 0 Å². The largest absolute Gasteiger partial charge is 0.270 e. The number of aromatic nitrogens is 3. The van der Waals surface area contributed by atoms with E-state index in [1.165, 1.54) is 12.1 Å². The molecular formula is C18H17F2N3. The quantitative estimate of drug-likeness (QED) is 0.714. The summed E-state index contributed by atoms with van der Waals surface area (Å²) < 4.78 is 28.3. The summed E-state index contributed by atoms with van der Waals surface area (Å²) in [5.74, 6) is -2.82. The van der Waals surface area contributed by atoms with Crippen LogP contribution in [-0.4, -0.2) is 14.8 Å². The number of benzene rings is 1. The molecule has 0 saturated carbocycles. The van der Waals surface area contributed by atoms with Crippen molar-refractivity contribution in [1.29, 1.82) is 0 Å². The average Bonchev–Trinajstić information content (AvgIpc) is 2.95. The lowest BCUT2D eigenvalue weighted by atomic mass is 10.1. The van der Waals surface area contributed by atoms with Crippen LogP contribution in [0.4, 0.5) is 8.78 Å². The number of aryl methyl sites for hydroxylation is 1. The summed E-state index contributed by atoms with van der Waals surface area (Å²) in [6.45, 7) is 3.52. The lowest BCUT2D eigenvalue weighted by Gasteiger charge is -2.10. The van der Waals surface area contributed by atoms with Gasteiger partial charge in [0.1, 0.15) is 0 Å². The van der Waals surface area contributed by atoms with Crippen molar-refractivity contribution in [3.05, 3.63) is 71.7 Å². The highest BCUT2D eigenvalue weighted by Gasteiger charge is 2.23. The van der Waals surface area contributed by atoms with E-state index in [1.54, 1.807) is 12.1 Å². The van der Waals surface area contributed by atoms with E-state index in [1.807, 2.05) is 36.3 Å². The highest BCUT2D eigenvalue weighted by molar-refractivity contribution is 5.59. The number of hydrogen-bond donors (Lipinski definition) is 0. The van der Waals surface area contributed by atoms with Crippen LogP contribution < -0.4 is 0 Å². The molecule has 0 amide bonds. The van der Waals surface area contributed by atoms with E-state index in [-0.39, 0.29) is 5.56 Å². The van der Waals surface area contributed by atoms with Crippen molar-refractivity contribution in [2.45, 2.75) is 26.3 Å². The van der Waals surface area contributed by atoms with Crippen LogP contribution in [0.1, 0.15) is 23.6 Å². The number of alkyl halides is 2. The Hall–Kier alpha value is -2.56. The highest BCUT2D eigenvalue weighted by Crippen LogP contribution is 2.28. The van der Waals surface area contributed by atoms with Gasteiger partial charge in [-0.15, -0.1) is 0 Å². The van der Waals surface area contributed by atoms with Gasteiger partial charge >= 0.3 is 0 Å². The lowest BCUT2D eigenvalue weighted by molar-refractivity contribution is 0.0175. The molecule has 23 heavy (non-hydrogen) atoms. The van der Waals surface area contributed by atoms with Crippen LogP contribution in [0, 0.1) is 6.92 Å².